The summed E-state index contributed by atoms with van der Waals surface area (Å²) < 4.78 is 0. The quantitative estimate of drug-likeness (QED) is 0.448. The summed E-state index contributed by atoms with van der Waals surface area (Å²) in [5.41, 5.74) is 0.0556. The molecule has 1 rings (SSSR count). The minimum absolute atomic E-state index is 0.0556. The van der Waals surface area contributed by atoms with Crippen molar-refractivity contribution in [2.75, 3.05) is 0 Å². The number of nitrogens with zero attached hydrogens (tertiary/aromatic N) is 1. The van der Waals surface area contributed by atoms with Crippen LogP contribution in [0.1, 0.15) is 20.3 Å². The predicted molar refractivity (Wildman–Crippen MR) is 27.5 cm³/mol. The maximum atomic E-state index is 8.39. The SMILES string of the molecule is C[C@@H]1C[C@]1(C)C#N. The molecule has 1 fully saturated rings. The third-order valence-electron chi connectivity index (χ3n) is 1.91. The lowest BCUT2D eigenvalue weighted by atomic mass is 10.1. The molecule has 0 aliphatic heterocycles. The van der Waals surface area contributed by atoms with E-state index in [9.17, 15) is 0 Å². The third kappa shape index (κ3) is 0.507. The van der Waals surface area contributed by atoms with Gasteiger partial charge in [-0.2, -0.15) is 5.26 Å². The van der Waals surface area contributed by atoms with Crippen molar-refractivity contribution in [3.05, 3.63) is 0 Å². The van der Waals surface area contributed by atoms with E-state index in [1.165, 1.54) is 0 Å². The molecule has 38 valence electrons. The van der Waals surface area contributed by atoms with E-state index < -0.39 is 0 Å². The molecule has 0 radical (unpaired) electrons. The van der Waals surface area contributed by atoms with Crippen molar-refractivity contribution < 1.29 is 0 Å². The second-order valence-electron chi connectivity index (χ2n) is 2.63. The molecule has 0 saturated heterocycles. The van der Waals surface area contributed by atoms with Crippen LogP contribution in [0.4, 0.5) is 0 Å². The molecular weight excluding hydrogens is 86.1 g/mol. The summed E-state index contributed by atoms with van der Waals surface area (Å²) in [5.74, 6) is 0.650. The van der Waals surface area contributed by atoms with Crippen molar-refractivity contribution in [1.82, 2.24) is 0 Å². The standard InChI is InChI=1S/C6H9N/c1-5-3-6(5,2)4-7/h5H,3H2,1-2H3/t5-,6-/m1/s1. The highest BCUT2D eigenvalue weighted by Gasteiger charge is 2.46. The van der Waals surface area contributed by atoms with Crippen molar-refractivity contribution >= 4 is 0 Å². The molecule has 0 aromatic carbocycles. The molecule has 1 saturated carbocycles. The molecule has 1 aliphatic rings. The topological polar surface area (TPSA) is 23.8 Å². The Morgan fingerprint density at radius 3 is 2.29 bits per heavy atom. The predicted octanol–water partition coefficient (Wildman–Crippen LogP) is 1.56. The minimum atomic E-state index is 0.0556. The minimum Gasteiger partial charge on any atom is -0.198 e. The fraction of sp³-hybridized carbons (Fsp3) is 0.833. The molecule has 0 spiro atoms. The van der Waals surface area contributed by atoms with E-state index in [1.54, 1.807) is 0 Å². The lowest BCUT2D eigenvalue weighted by Gasteiger charge is -1.88. The summed E-state index contributed by atoms with van der Waals surface area (Å²) in [4.78, 5) is 0. The number of hydrogen-bond donors (Lipinski definition) is 0. The third-order valence-corrected chi connectivity index (χ3v) is 1.91. The van der Waals surface area contributed by atoms with E-state index in [2.05, 4.69) is 13.0 Å². The van der Waals surface area contributed by atoms with Gasteiger partial charge in [-0.05, 0) is 19.3 Å². The maximum absolute atomic E-state index is 8.39. The molecule has 7 heavy (non-hydrogen) atoms. The molecule has 2 atom stereocenters. The molecule has 0 aromatic rings. The van der Waals surface area contributed by atoms with Gasteiger partial charge in [0.25, 0.3) is 0 Å². The summed E-state index contributed by atoms with van der Waals surface area (Å²) >= 11 is 0. The van der Waals surface area contributed by atoms with Gasteiger partial charge in [0.2, 0.25) is 0 Å². The van der Waals surface area contributed by atoms with Crippen molar-refractivity contribution in [2.24, 2.45) is 11.3 Å². The summed E-state index contributed by atoms with van der Waals surface area (Å²) in [7, 11) is 0. The molecular formula is C6H9N. The van der Waals surface area contributed by atoms with Crippen molar-refractivity contribution in [3.8, 4) is 6.07 Å². The van der Waals surface area contributed by atoms with Crippen LogP contribution < -0.4 is 0 Å². The summed E-state index contributed by atoms with van der Waals surface area (Å²) in [6, 6.07) is 2.27. The Morgan fingerprint density at radius 1 is 1.86 bits per heavy atom. The largest absolute Gasteiger partial charge is 0.198 e. The Hall–Kier alpha value is -0.510. The average Bonchev–Trinajstić information content (AvgIpc) is 2.18. The zero-order valence-corrected chi connectivity index (χ0v) is 4.73. The second-order valence-corrected chi connectivity index (χ2v) is 2.63. The summed E-state index contributed by atoms with van der Waals surface area (Å²) in [6.07, 6.45) is 1.10. The fourth-order valence-corrected chi connectivity index (χ4v) is 0.733. The van der Waals surface area contributed by atoms with Crippen molar-refractivity contribution in [3.63, 3.8) is 0 Å². The Morgan fingerprint density at radius 2 is 2.29 bits per heavy atom. The fourth-order valence-electron chi connectivity index (χ4n) is 0.733. The van der Waals surface area contributed by atoms with Gasteiger partial charge < -0.3 is 0 Å². The highest BCUT2D eigenvalue weighted by Crippen LogP contribution is 2.50. The Kier molecular flexibility index (Phi) is 0.667. The van der Waals surface area contributed by atoms with Crippen molar-refractivity contribution in [1.29, 1.82) is 5.26 Å². The summed E-state index contributed by atoms with van der Waals surface area (Å²) in [5, 5.41) is 8.39. The normalized spacial score (nSPS) is 47.9. The van der Waals surface area contributed by atoms with Gasteiger partial charge in [-0.1, -0.05) is 6.92 Å². The first-order chi connectivity index (χ1) is 3.19. The van der Waals surface area contributed by atoms with Gasteiger partial charge >= 0.3 is 0 Å². The lowest BCUT2D eigenvalue weighted by molar-refractivity contribution is 0.680. The highest BCUT2D eigenvalue weighted by atomic mass is 14.5. The van der Waals surface area contributed by atoms with E-state index in [4.69, 9.17) is 5.26 Å². The van der Waals surface area contributed by atoms with Crippen LogP contribution in [0.2, 0.25) is 0 Å². The molecule has 0 N–H and O–H groups in total. The molecule has 1 aliphatic carbocycles. The van der Waals surface area contributed by atoms with Crippen LogP contribution in [0, 0.1) is 22.7 Å². The van der Waals surface area contributed by atoms with Crippen molar-refractivity contribution in [2.45, 2.75) is 20.3 Å². The smallest absolute Gasteiger partial charge is 0.0689 e. The lowest BCUT2D eigenvalue weighted by Crippen LogP contribution is -1.87. The van der Waals surface area contributed by atoms with E-state index in [1.807, 2.05) is 6.92 Å². The van der Waals surface area contributed by atoms with Crippen LogP contribution in [-0.4, -0.2) is 0 Å². The van der Waals surface area contributed by atoms with Crippen LogP contribution in [0.5, 0.6) is 0 Å². The van der Waals surface area contributed by atoms with Gasteiger partial charge in [0.1, 0.15) is 0 Å². The van der Waals surface area contributed by atoms with Gasteiger partial charge in [-0.3, -0.25) is 0 Å². The highest BCUT2D eigenvalue weighted by molar-refractivity contribution is 5.11. The number of nitriles is 1. The Bertz CT molecular complexity index is 123. The Labute approximate surface area is 44.0 Å². The zero-order valence-electron chi connectivity index (χ0n) is 4.73. The molecule has 1 nitrogen and oxygen atoms in total. The first kappa shape index (κ1) is 4.64. The molecule has 0 aromatic heterocycles. The van der Waals surface area contributed by atoms with E-state index in [0.29, 0.717) is 5.92 Å². The van der Waals surface area contributed by atoms with Crippen LogP contribution in [-0.2, 0) is 0 Å². The van der Waals surface area contributed by atoms with Gasteiger partial charge in [0.15, 0.2) is 0 Å². The van der Waals surface area contributed by atoms with E-state index in [0.717, 1.165) is 6.42 Å². The van der Waals surface area contributed by atoms with Gasteiger partial charge in [0, 0.05) is 0 Å². The van der Waals surface area contributed by atoms with Crippen LogP contribution in [0.3, 0.4) is 0 Å². The first-order valence-corrected chi connectivity index (χ1v) is 2.60. The molecule has 1 heteroatoms. The van der Waals surface area contributed by atoms with Gasteiger partial charge in [-0.15, -0.1) is 0 Å². The zero-order chi connectivity index (χ0) is 5.49. The second kappa shape index (κ2) is 1.01. The molecule has 0 bridgehead atoms. The van der Waals surface area contributed by atoms with Gasteiger partial charge in [0.05, 0.1) is 11.5 Å². The van der Waals surface area contributed by atoms with E-state index in [-0.39, 0.29) is 5.41 Å². The molecule has 0 heterocycles. The molecule has 0 amide bonds. The average molecular weight is 95.1 g/mol. The number of rotatable bonds is 0. The monoisotopic (exact) mass is 95.1 g/mol. The van der Waals surface area contributed by atoms with E-state index >= 15 is 0 Å². The molecule has 0 unspecified atom stereocenters. The van der Waals surface area contributed by atoms with Crippen LogP contribution >= 0.6 is 0 Å². The van der Waals surface area contributed by atoms with Crippen LogP contribution in [0.25, 0.3) is 0 Å². The first-order valence-electron chi connectivity index (χ1n) is 2.60. The van der Waals surface area contributed by atoms with Gasteiger partial charge in [-0.25, -0.2) is 0 Å². The maximum Gasteiger partial charge on any atom is 0.0689 e. The van der Waals surface area contributed by atoms with Crippen LogP contribution in [0.15, 0.2) is 0 Å². The number of hydrogen-bond acceptors (Lipinski definition) is 1. The summed E-state index contributed by atoms with van der Waals surface area (Å²) in [6.45, 7) is 4.13. The Balaban J connectivity index is 2.57.